The number of nitrogens with two attached hydrogens (primary N) is 3. The van der Waals surface area contributed by atoms with Gasteiger partial charge in [0.15, 0.2) is 41.4 Å². The van der Waals surface area contributed by atoms with E-state index in [1.54, 1.807) is 6.92 Å². The molecule has 3 saturated heterocycles. The smallest absolute Gasteiger partial charge is 0.387 e. The van der Waals surface area contributed by atoms with Crippen LogP contribution in [0.15, 0.2) is 34.9 Å². The summed E-state index contributed by atoms with van der Waals surface area (Å²) in [5.41, 5.74) is 13.9. The number of imidazole rings is 3. The molecule has 3 aliphatic rings. The number of phosphoric acid groups is 3. The lowest BCUT2D eigenvalue weighted by Crippen LogP contribution is -2.45. The molecule has 38 nitrogen and oxygen atoms in total. The number of methoxy groups -OCH3 is 1. The van der Waals surface area contributed by atoms with Crippen LogP contribution in [-0.2, 0) is 71.2 Å². The van der Waals surface area contributed by atoms with Crippen LogP contribution in [-0.4, -0.2) is 177 Å². The van der Waals surface area contributed by atoms with Gasteiger partial charge in [-0.1, -0.05) is 4.98 Å². The van der Waals surface area contributed by atoms with E-state index >= 15 is 0 Å². The molecule has 0 bridgehead atoms. The number of H-pyrrole nitrogens is 2. The first kappa shape index (κ1) is 57.6. The Labute approximate surface area is 435 Å². The SMILES string of the molecule is CCOCC[C@H]1[C@@H](O)[C@H]([n+]2cn(C)c3c(=O)[nH]c(N)nc32)O[C@@H]1COP(=O)(O)OP(=O)(O)OP(=O)(O)OC[C@H]1O[C@@H](n2cnc3c(N)ncnc32)[C@H](OC)[C@@H]1P(=O)(O)OC[C@H]1O[C@@H](n2cnc3c(=O)[nH]c(N)nc32)[C@H](O)[C@@H]1O. The summed E-state index contributed by atoms with van der Waals surface area (Å²) >= 11 is 0. The quantitative estimate of drug-likeness (QED) is 0.0184. The van der Waals surface area contributed by atoms with E-state index in [1.165, 1.54) is 27.1 Å². The molecule has 9 rings (SSSR count). The lowest BCUT2D eigenvalue weighted by atomic mass is 9.95. The second-order valence-corrected chi connectivity index (χ2v) is 24.3. The summed E-state index contributed by atoms with van der Waals surface area (Å²) < 4.78 is 112. The minimum atomic E-state index is -6.20. The van der Waals surface area contributed by atoms with Gasteiger partial charge in [-0.05, 0) is 13.3 Å². The maximum Gasteiger partial charge on any atom is 0.490 e. The Kier molecular flexibility index (Phi) is 16.3. The van der Waals surface area contributed by atoms with Crippen molar-refractivity contribution < 1.29 is 104 Å². The van der Waals surface area contributed by atoms with E-state index in [0.29, 0.717) is 0 Å². The van der Waals surface area contributed by atoms with Crippen molar-refractivity contribution in [3.05, 3.63) is 46.0 Å². The molecule has 16 atom stereocenters. The zero-order valence-corrected chi connectivity index (χ0v) is 44.2. The van der Waals surface area contributed by atoms with Gasteiger partial charge in [0.25, 0.3) is 17.1 Å². The van der Waals surface area contributed by atoms with Gasteiger partial charge in [0.1, 0.15) is 54.1 Å². The fourth-order valence-corrected chi connectivity index (χ4v) is 14.6. The van der Waals surface area contributed by atoms with Gasteiger partial charge in [-0.3, -0.25) is 46.9 Å². The molecular formula is C36H52N15O23P4+. The highest BCUT2D eigenvalue weighted by Crippen LogP contribution is 2.68. The van der Waals surface area contributed by atoms with E-state index in [2.05, 4.69) is 48.5 Å². The highest BCUT2D eigenvalue weighted by atomic mass is 31.3. The zero-order valence-electron chi connectivity index (χ0n) is 40.6. The van der Waals surface area contributed by atoms with E-state index in [4.69, 9.17) is 54.5 Å². The topological polar surface area (TPSA) is 542 Å². The summed E-state index contributed by atoms with van der Waals surface area (Å²) in [5.74, 6) is -1.59. The van der Waals surface area contributed by atoms with Crippen molar-refractivity contribution in [2.24, 2.45) is 13.0 Å². The Morgan fingerprint density at radius 1 is 0.731 bits per heavy atom. The minimum Gasteiger partial charge on any atom is -0.387 e. The number of phosphoric ester groups is 2. The molecule has 4 unspecified atom stereocenters. The third-order valence-electron chi connectivity index (χ3n) is 12.7. The fraction of sp³-hybridized carbons (Fsp3) is 0.583. The van der Waals surface area contributed by atoms with Crippen molar-refractivity contribution in [2.45, 2.75) is 80.4 Å². The Balaban J connectivity index is 0.890. The number of ether oxygens (including phenoxy) is 5. The van der Waals surface area contributed by atoms with Gasteiger partial charge >= 0.3 is 36.7 Å². The third kappa shape index (κ3) is 11.5. The second-order valence-electron chi connectivity index (χ2n) is 17.6. The van der Waals surface area contributed by atoms with Crippen LogP contribution in [0.3, 0.4) is 0 Å². The normalized spacial score (nSPS) is 29.8. The van der Waals surface area contributed by atoms with Gasteiger partial charge in [-0.2, -0.15) is 13.6 Å². The molecule has 0 aliphatic carbocycles. The summed E-state index contributed by atoms with van der Waals surface area (Å²) in [6, 6.07) is 0. The number of aromatic nitrogens is 12. The Morgan fingerprint density at radius 3 is 2.03 bits per heavy atom. The van der Waals surface area contributed by atoms with Crippen molar-refractivity contribution in [2.75, 3.05) is 57.3 Å². The Morgan fingerprint density at radius 2 is 1.35 bits per heavy atom. The molecule has 6 aromatic heterocycles. The van der Waals surface area contributed by atoms with E-state index in [1.807, 2.05) is 0 Å². The summed E-state index contributed by atoms with van der Waals surface area (Å²) in [5, 5.41) is 33.5. The minimum absolute atomic E-state index is 0.00226. The molecule has 0 aromatic carbocycles. The number of aromatic amines is 2. The summed E-state index contributed by atoms with van der Waals surface area (Å²) in [6.07, 6.45) is -11.0. The highest BCUT2D eigenvalue weighted by Gasteiger charge is 2.58. The van der Waals surface area contributed by atoms with Gasteiger partial charge < -0.3 is 80.3 Å². The summed E-state index contributed by atoms with van der Waals surface area (Å²) in [6.45, 7) is -1.14. The predicted octanol–water partition coefficient (Wildman–Crippen LogP) is -2.96. The average Bonchev–Trinajstić information content (AvgIpc) is 4.42. The second kappa shape index (κ2) is 22.1. The molecule has 15 N–H and O–H groups in total. The number of anilines is 3. The summed E-state index contributed by atoms with van der Waals surface area (Å²) in [4.78, 5) is 97.5. The molecule has 0 amide bonds. The number of aliphatic hydroxyl groups excluding tert-OH is 3. The van der Waals surface area contributed by atoms with Crippen LogP contribution in [0.25, 0.3) is 33.5 Å². The Bertz CT molecular complexity index is 3530. The number of nitrogens with zero attached hydrogens (tertiary/aromatic N) is 10. The molecule has 0 radical (unpaired) electrons. The van der Waals surface area contributed by atoms with Gasteiger partial charge in [0, 0.05) is 26.2 Å². The number of nitrogens with one attached hydrogen (secondary N) is 2. The predicted molar refractivity (Wildman–Crippen MR) is 257 cm³/mol. The third-order valence-corrected chi connectivity index (χ3v) is 18.9. The van der Waals surface area contributed by atoms with E-state index < -0.39 is 135 Å². The maximum absolute atomic E-state index is 14.5. The van der Waals surface area contributed by atoms with Gasteiger partial charge in [-0.15, -0.1) is 0 Å². The first-order valence-corrected chi connectivity index (χ1v) is 29.1. The van der Waals surface area contributed by atoms with Crippen molar-refractivity contribution in [1.82, 2.24) is 53.6 Å². The molecule has 428 valence electrons. The van der Waals surface area contributed by atoms with Crippen LogP contribution in [0.2, 0.25) is 0 Å². The van der Waals surface area contributed by atoms with E-state index in [-0.39, 0.29) is 70.8 Å². The van der Waals surface area contributed by atoms with Gasteiger partial charge in [0.05, 0.1) is 45.6 Å². The van der Waals surface area contributed by atoms with E-state index in [9.17, 15) is 62.7 Å². The zero-order chi connectivity index (χ0) is 56.4. The van der Waals surface area contributed by atoms with Gasteiger partial charge in [0.2, 0.25) is 17.7 Å². The first-order valence-electron chi connectivity index (χ1n) is 22.9. The average molecular weight is 1190 g/mol. The monoisotopic (exact) mass is 1190 g/mol. The molecular weight excluding hydrogens is 1130 g/mol. The largest absolute Gasteiger partial charge is 0.490 e. The Hall–Kier alpha value is -5.11. The summed E-state index contributed by atoms with van der Waals surface area (Å²) in [7, 11) is -20.7. The standard InChI is InChI=1S/C36H51N15O23P4/c1-4-66-6-5-14-15(70-32(21(14)52)51-13-48(2)20-29(51)45-36(39)47-31(20)56)7-68-76(59,60)73-78(63,64)74-77(61,62)69-9-17-25(24(65-3)34(72-17)49-11-42-18-26(37)40-10-41-27(18)49)75(57,58)67-8-16-22(53)23(54)33(71-16)50-12-43-19-28(50)44-35(38)46-30(19)55/h10-17,21-25,32-34,52-54H,4-9H2,1-3H3,(H11-,37,38,39,40,41,44,45,46,47,55,56,57,58,59,60,61,62,63,64)/p+1/t14-,15-,16-,17-,21-,22-,23-,24-,25-,32-,33-,34-/m1/s1. The first-order chi connectivity index (χ1) is 36.7. The number of rotatable bonds is 22. The number of nitrogen functional groups attached to an aromatic ring is 3. The van der Waals surface area contributed by atoms with Crippen molar-refractivity contribution in [1.29, 1.82) is 0 Å². The van der Waals surface area contributed by atoms with Crippen molar-refractivity contribution in [3.63, 3.8) is 0 Å². The fourth-order valence-electron chi connectivity index (χ4n) is 9.30. The van der Waals surface area contributed by atoms with Crippen LogP contribution in [0.5, 0.6) is 0 Å². The molecule has 0 spiro atoms. The molecule has 3 fully saturated rings. The number of aliphatic hydroxyl groups is 3. The number of fused-ring (bicyclic) bond motifs is 3. The number of hydrogen-bond donors (Lipinski definition) is 12. The lowest BCUT2D eigenvalue weighted by molar-refractivity contribution is -0.745. The number of hydrogen-bond acceptors (Lipinski definition) is 28. The molecule has 6 aromatic rings. The maximum atomic E-state index is 14.5. The molecule has 78 heavy (non-hydrogen) atoms. The van der Waals surface area contributed by atoms with E-state index in [0.717, 1.165) is 30.7 Å². The number of aryl methyl sites for hydroxylation is 1. The lowest BCUT2D eigenvalue weighted by Gasteiger charge is -2.28. The molecule has 3 aliphatic heterocycles. The molecule has 0 saturated carbocycles. The van der Waals surface area contributed by atoms with Crippen LogP contribution in [0.4, 0.5) is 17.7 Å². The van der Waals surface area contributed by atoms with Crippen molar-refractivity contribution in [3.8, 4) is 0 Å². The molecule has 42 heteroatoms. The molecule has 9 heterocycles. The van der Waals surface area contributed by atoms with Crippen LogP contribution in [0.1, 0.15) is 32.0 Å². The van der Waals surface area contributed by atoms with Gasteiger partial charge in [-0.25, -0.2) is 38.2 Å². The highest BCUT2D eigenvalue weighted by molar-refractivity contribution is 7.66. The van der Waals surface area contributed by atoms with Crippen LogP contribution in [0, 0.1) is 5.92 Å². The van der Waals surface area contributed by atoms with Crippen LogP contribution >= 0.6 is 31.1 Å². The van der Waals surface area contributed by atoms with Crippen molar-refractivity contribution >= 4 is 82.3 Å². The van der Waals surface area contributed by atoms with Crippen LogP contribution < -0.4 is 32.9 Å².